The molecule has 0 atom stereocenters. The van der Waals surface area contributed by atoms with Gasteiger partial charge in [0, 0.05) is 26.2 Å². The summed E-state index contributed by atoms with van der Waals surface area (Å²) in [7, 11) is 0. The number of primary amides is 1. The maximum absolute atomic E-state index is 10.8. The minimum atomic E-state index is -0.547. The summed E-state index contributed by atoms with van der Waals surface area (Å²) in [6.45, 7) is 3.70. The Morgan fingerprint density at radius 1 is 1.33 bits per heavy atom. The fourth-order valence-corrected chi connectivity index (χ4v) is 1.52. The standard InChI is InChI=1S/C9H13N5O/c10-9(15)7-1-2-8(13-12-7)14-5-3-11-4-6-14/h1-2,11H,3-6H2,(H2,10,15). The first-order valence-electron chi connectivity index (χ1n) is 4.86. The molecule has 1 saturated heterocycles. The van der Waals surface area contributed by atoms with Gasteiger partial charge < -0.3 is 16.0 Å². The average molecular weight is 207 g/mol. The number of carbonyl (C=O) groups is 1. The lowest BCUT2D eigenvalue weighted by Crippen LogP contribution is -2.44. The Morgan fingerprint density at radius 2 is 2.07 bits per heavy atom. The second-order valence-corrected chi connectivity index (χ2v) is 3.38. The van der Waals surface area contributed by atoms with Gasteiger partial charge in [-0.05, 0) is 12.1 Å². The van der Waals surface area contributed by atoms with Crippen LogP contribution in [0, 0.1) is 0 Å². The van der Waals surface area contributed by atoms with Gasteiger partial charge in [-0.2, -0.15) is 0 Å². The van der Waals surface area contributed by atoms with E-state index < -0.39 is 5.91 Å². The quantitative estimate of drug-likeness (QED) is 0.649. The van der Waals surface area contributed by atoms with Crippen molar-refractivity contribution in [1.29, 1.82) is 0 Å². The third-order valence-corrected chi connectivity index (χ3v) is 2.34. The highest BCUT2D eigenvalue weighted by molar-refractivity contribution is 5.90. The van der Waals surface area contributed by atoms with Gasteiger partial charge in [0.25, 0.3) is 5.91 Å². The second-order valence-electron chi connectivity index (χ2n) is 3.38. The number of anilines is 1. The van der Waals surface area contributed by atoms with E-state index in [1.54, 1.807) is 12.1 Å². The highest BCUT2D eigenvalue weighted by Gasteiger charge is 2.12. The molecule has 0 aliphatic carbocycles. The van der Waals surface area contributed by atoms with Crippen molar-refractivity contribution >= 4 is 11.7 Å². The number of piperazine rings is 1. The van der Waals surface area contributed by atoms with Crippen LogP contribution in [0.1, 0.15) is 10.5 Å². The monoisotopic (exact) mass is 207 g/mol. The van der Waals surface area contributed by atoms with Crippen LogP contribution in [0.5, 0.6) is 0 Å². The van der Waals surface area contributed by atoms with Crippen LogP contribution in [0.4, 0.5) is 5.82 Å². The molecule has 2 rings (SSSR count). The SMILES string of the molecule is NC(=O)c1ccc(N2CCNCC2)nn1. The van der Waals surface area contributed by atoms with E-state index in [1.165, 1.54) is 0 Å². The molecule has 80 valence electrons. The molecule has 6 heteroatoms. The largest absolute Gasteiger partial charge is 0.364 e. The summed E-state index contributed by atoms with van der Waals surface area (Å²) in [4.78, 5) is 12.9. The van der Waals surface area contributed by atoms with E-state index in [2.05, 4.69) is 20.4 Å². The van der Waals surface area contributed by atoms with Crippen LogP contribution in [-0.2, 0) is 0 Å². The zero-order valence-corrected chi connectivity index (χ0v) is 8.31. The molecule has 1 aromatic rings. The lowest BCUT2D eigenvalue weighted by atomic mass is 10.3. The third-order valence-electron chi connectivity index (χ3n) is 2.34. The van der Waals surface area contributed by atoms with Gasteiger partial charge in [-0.15, -0.1) is 10.2 Å². The molecule has 1 amide bonds. The Balaban J connectivity index is 2.11. The summed E-state index contributed by atoms with van der Waals surface area (Å²) < 4.78 is 0. The Hall–Kier alpha value is -1.69. The second kappa shape index (κ2) is 4.22. The van der Waals surface area contributed by atoms with Gasteiger partial charge in [0.2, 0.25) is 0 Å². The number of nitrogens with zero attached hydrogens (tertiary/aromatic N) is 3. The van der Waals surface area contributed by atoms with Gasteiger partial charge in [0.1, 0.15) is 0 Å². The molecule has 0 unspecified atom stereocenters. The molecule has 2 heterocycles. The van der Waals surface area contributed by atoms with Crippen LogP contribution in [0.3, 0.4) is 0 Å². The third kappa shape index (κ3) is 2.21. The molecule has 0 bridgehead atoms. The van der Waals surface area contributed by atoms with Crippen molar-refractivity contribution in [2.24, 2.45) is 5.73 Å². The van der Waals surface area contributed by atoms with Gasteiger partial charge in [-0.1, -0.05) is 0 Å². The lowest BCUT2D eigenvalue weighted by molar-refractivity contribution is 0.0994. The number of hydrogen-bond donors (Lipinski definition) is 2. The molecule has 6 nitrogen and oxygen atoms in total. The van der Waals surface area contributed by atoms with Crippen molar-refractivity contribution in [3.8, 4) is 0 Å². The maximum atomic E-state index is 10.8. The minimum absolute atomic E-state index is 0.203. The van der Waals surface area contributed by atoms with Gasteiger partial charge >= 0.3 is 0 Å². The first-order chi connectivity index (χ1) is 7.27. The summed E-state index contributed by atoms with van der Waals surface area (Å²) in [6.07, 6.45) is 0. The molecule has 0 aromatic carbocycles. The van der Waals surface area contributed by atoms with Crippen molar-refractivity contribution in [2.75, 3.05) is 31.1 Å². The molecule has 0 radical (unpaired) electrons. The summed E-state index contributed by atoms with van der Waals surface area (Å²) in [6, 6.07) is 3.38. The van der Waals surface area contributed by atoms with Gasteiger partial charge in [0.15, 0.2) is 11.5 Å². The first kappa shape index (κ1) is 9.85. The summed E-state index contributed by atoms with van der Waals surface area (Å²) in [5, 5.41) is 11.0. The highest BCUT2D eigenvalue weighted by Crippen LogP contribution is 2.09. The Labute approximate surface area is 87.5 Å². The Kier molecular flexibility index (Phi) is 2.77. The smallest absolute Gasteiger partial charge is 0.269 e. The number of aromatic nitrogens is 2. The van der Waals surface area contributed by atoms with Gasteiger partial charge in [-0.25, -0.2) is 0 Å². The van der Waals surface area contributed by atoms with Gasteiger partial charge in [0.05, 0.1) is 0 Å². The van der Waals surface area contributed by atoms with E-state index in [0.717, 1.165) is 32.0 Å². The molecule has 0 saturated carbocycles. The highest BCUT2D eigenvalue weighted by atomic mass is 16.1. The lowest BCUT2D eigenvalue weighted by Gasteiger charge is -2.27. The van der Waals surface area contributed by atoms with E-state index in [9.17, 15) is 4.79 Å². The van der Waals surface area contributed by atoms with Crippen molar-refractivity contribution in [2.45, 2.75) is 0 Å². The van der Waals surface area contributed by atoms with Crippen LogP contribution in [0.25, 0.3) is 0 Å². The number of amides is 1. The summed E-state index contributed by atoms with van der Waals surface area (Å²) >= 11 is 0. The Morgan fingerprint density at radius 3 is 2.60 bits per heavy atom. The topological polar surface area (TPSA) is 84.1 Å². The summed E-state index contributed by atoms with van der Waals surface area (Å²) in [5.41, 5.74) is 5.28. The van der Waals surface area contributed by atoms with Crippen molar-refractivity contribution in [1.82, 2.24) is 15.5 Å². The van der Waals surface area contributed by atoms with Crippen molar-refractivity contribution in [3.05, 3.63) is 17.8 Å². The van der Waals surface area contributed by atoms with Crippen molar-refractivity contribution in [3.63, 3.8) is 0 Å². The van der Waals surface area contributed by atoms with Crippen LogP contribution >= 0.6 is 0 Å². The van der Waals surface area contributed by atoms with E-state index >= 15 is 0 Å². The molecule has 15 heavy (non-hydrogen) atoms. The van der Waals surface area contributed by atoms with E-state index in [4.69, 9.17) is 5.73 Å². The molecule has 1 fully saturated rings. The molecule has 0 spiro atoms. The zero-order valence-electron chi connectivity index (χ0n) is 8.31. The number of hydrogen-bond acceptors (Lipinski definition) is 5. The fourth-order valence-electron chi connectivity index (χ4n) is 1.52. The van der Waals surface area contributed by atoms with Gasteiger partial charge in [-0.3, -0.25) is 4.79 Å². The number of rotatable bonds is 2. The predicted octanol–water partition coefficient (Wildman–Crippen LogP) is -1.01. The van der Waals surface area contributed by atoms with Crippen LogP contribution < -0.4 is 16.0 Å². The number of nitrogens with one attached hydrogen (secondary N) is 1. The molecular formula is C9H13N5O. The number of nitrogens with two attached hydrogens (primary N) is 1. The molecular weight excluding hydrogens is 194 g/mol. The van der Waals surface area contributed by atoms with Crippen LogP contribution in [0.2, 0.25) is 0 Å². The molecule has 1 aromatic heterocycles. The zero-order chi connectivity index (χ0) is 10.7. The van der Waals surface area contributed by atoms with Crippen LogP contribution in [-0.4, -0.2) is 42.3 Å². The van der Waals surface area contributed by atoms with E-state index in [1.807, 2.05) is 0 Å². The minimum Gasteiger partial charge on any atom is -0.364 e. The fraction of sp³-hybridized carbons (Fsp3) is 0.444. The normalized spacial score (nSPS) is 16.4. The summed E-state index contributed by atoms with van der Waals surface area (Å²) in [5.74, 6) is 0.246. The maximum Gasteiger partial charge on any atom is 0.269 e. The van der Waals surface area contributed by atoms with Crippen LogP contribution in [0.15, 0.2) is 12.1 Å². The predicted molar refractivity (Wildman–Crippen MR) is 55.6 cm³/mol. The first-order valence-corrected chi connectivity index (χ1v) is 4.86. The Bertz CT molecular complexity index is 344. The number of carbonyl (C=O) groups excluding carboxylic acids is 1. The van der Waals surface area contributed by atoms with E-state index in [0.29, 0.717) is 0 Å². The molecule has 1 aliphatic rings. The van der Waals surface area contributed by atoms with E-state index in [-0.39, 0.29) is 5.69 Å². The average Bonchev–Trinajstić information content (AvgIpc) is 2.30. The van der Waals surface area contributed by atoms with Crippen molar-refractivity contribution < 1.29 is 4.79 Å². The molecule has 3 N–H and O–H groups in total. The molecule has 1 aliphatic heterocycles.